The van der Waals surface area contributed by atoms with Crippen LogP contribution < -0.4 is 0 Å². The molecule has 0 amide bonds. The lowest BCUT2D eigenvalue weighted by atomic mass is 10.0. The van der Waals surface area contributed by atoms with Gasteiger partial charge in [0.25, 0.3) is 0 Å². The van der Waals surface area contributed by atoms with Crippen molar-refractivity contribution in [2.75, 3.05) is 0 Å². The highest BCUT2D eigenvalue weighted by Crippen LogP contribution is 2.18. The third-order valence-corrected chi connectivity index (χ3v) is 2.30. The molecule has 0 heterocycles. The Kier molecular flexibility index (Phi) is 3.01. The summed E-state index contributed by atoms with van der Waals surface area (Å²) in [5.41, 5.74) is 2.76. The molecule has 0 fully saturated rings. The smallest absolute Gasteiger partial charge is 0.00746 e. The molecule has 1 aromatic carbocycles. The van der Waals surface area contributed by atoms with Gasteiger partial charge in [-0.3, -0.25) is 0 Å². The molecule has 0 aliphatic carbocycles. The minimum Gasteiger partial charge on any atom is -0.143 e. The third kappa shape index (κ3) is 2.00. The van der Waals surface area contributed by atoms with E-state index in [1.54, 1.807) is 0 Å². The summed E-state index contributed by atoms with van der Waals surface area (Å²) in [7, 11) is 0. The van der Waals surface area contributed by atoms with E-state index in [1.807, 2.05) is 0 Å². The van der Waals surface area contributed by atoms with Crippen molar-refractivity contribution in [2.24, 2.45) is 0 Å². The van der Waals surface area contributed by atoms with Gasteiger partial charge in [0, 0.05) is 4.90 Å². The lowest BCUT2D eigenvalue weighted by Crippen LogP contribution is -1.89. The number of hydrogen-bond acceptors (Lipinski definition) is 1. The largest absolute Gasteiger partial charge is 0.143 e. The van der Waals surface area contributed by atoms with Gasteiger partial charge in [-0.25, -0.2) is 0 Å². The van der Waals surface area contributed by atoms with Crippen LogP contribution in [0.4, 0.5) is 0 Å². The molecule has 1 aromatic rings. The van der Waals surface area contributed by atoms with Crippen LogP contribution in [-0.2, 0) is 6.42 Å². The van der Waals surface area contributed by atoms with Gasteiger partial charge in [0.1, 0.15) is 0 Å². The second-order valence-electron chi connectivity index (χ2n) is 2.82. The summed E-state index contributed by atoms with van der Waals surface area (Å²) in [6, 6.07) is 6.25. The molecule has 0 aliphatic heterocycles. The highest BCUT2D eigenvalue weighted by Gasteiger charge is 1.99. The van der Waals surface area contributed by atoms with E-state index >= 15 is 0 Å². The Bertz CT molecular complexity index is 220. The zero-order chi connectivity index (χ0) is 8.27. The molecule has 1 heteroatoms. The molecule has 0 N–H and O–H groups in total. The fraction of sp³-hybridized carbons (Fsp3) is 0.400. The minimum absolute atomic E-state index is 1.13. The van der Waals surface area contributed by atoms with Crippen molar-refractivity contribution >= 4 is 12.6 Å². The standard InChI is InChI=1S/C10H14S/c1-3-5-9-8(2)6-4-7-10(9)11/h4,6-7,11H,3,5H2,1-2H3. The van der Waals surface area contributed by atoms with Crippen molar-refractivity contribution < 1.29 is 0 Å². The summed E-state index contributed by atoms with van der Waals surface area (Å²) in [5.74, 6) is 0. The molecule has 1 rings (SSSR count). The molecule has 0 radical (unpaired) electrons. The topological polar surface area (TPSA) is 0 Å². The maximum Gasteiger partial charge on any atom is 0.00746 e. The van der Waals surface area contributed by atoms with Crippen LogP contribution in [0.2, 0.25) is 0 Å². The second kappa shape index (κ2) is 3.82. The zero-order valence-corrected chi connectivity index (χ0v) is 7.99. The van der Waals surface area contributed by atoms with Gasteiger partial charge >= 0.3 is 0 Å². The predicted molar refractivity (Wildman–Crippen MR) is 52.4 cm³/mol. The summed E-state index contributed by atoms with van der Waals surface area (Å²) in [5, 5.41) is 0. The van der Waals surface area contributed by atoms with E-state index in [-0.39, 0.29) is 0 Å². The van der Waals surface area contributed by atoms with E-state index in [9.17, 15) is 0 Å². The highest BCUT2D eigenvalue weighted by atomic mass is 32.1. The van der Waals surface area contributed by atoms with Crippen LogP contribution >= 0.6 is 12.6 Å². The number of aryl methyl sites for hydroxylation is 1. The van der Waals surface area contributed by atoms with Gasteiger partial charge in [-0.2, -0.15) is 0 Å². The van der Waals surface area contributed by atoms with Gasteiger partial charge in [-0.1, -0.05) is 25.5 Å². The Hall–Kier alpha value is -0.430. The van der Waals surface area contributed by atoms with Crippen LogP contribution in [-0.4, -0.2) is 0 Å². The number of hydrogen-bond donors (Lipinski definition) is 1. The quantitative estimate of drug-likeness (QED) is 0.641. The van der Waals surface area contributed by atoms with Gasteiger partial charge in [0.2, 0.25) is 0 Å². The fourth-order valence-corrected chi connectivity index (χ4v) is 1.64. The van der Waals surface area contributed by atoms with Crippen LogP contribution in [0.15, 0.2) is 23.1 Å². The summed E-state index contributed by atoms with van der Waals surface area (Å²) in [6.07, 6.45) is 2.34. The first-order chi connectivity index (χ1) is 5.25. The second-order valence-corrected chi connectivity index (χ2v) is 3.30. The molecular formula is C10H14S. The molecule has 60 valence electrons. The summed E-state index contributed by atoms with van der Waals surface area (Å²) in [4.78, 5) is 1.13. The van der Waals surface area contributed by atoms with Gasteiger partial charge in [0.05, 0.1) is 0 Å². The van der Waals surface area contributed by atoms with Crippen molar-refractivity contribution in [1.82, 2.24) is 0 Å². The first kappa shape index (κ1) is 8.66. The summed E-state index contributed by atoms with van der Waals surface area (Å²) in [6.45, 7) is 4.34. The Morgan fingerprint density at radius 1 is 1.36 bits per heavy atom. The first-order valence-corrected chi connectivity index (χ1v) is 4.48. The Morgan fingerprint density at radius 2 is 2.09 bits per heavy atom. The van der Waals surface area contributed by atoms with Crippen molar-refractivity contribution in [1.29, 1.82) is 0 Å². The molecule has 0 saturated carbocycles. The Morgan fingerprint density at radius 3 is 2.64 bits per heavy atom. The first-order valence-electron chi connectivity index (χ1n) is 4.03. The molecule has 0 atom stereocenters. The normalized spacial score (nSPS) is 10.1. The predicted octanol–water partition coefficient (Wildman–Crippen LogP) is 3.24. The van der Waals surface area contributed by atoms with Crippen molar-refractivity contribution in [3.63, 3.8) is 0 Å². The molecule has 0 saturated heterocycles. The molecule has 0 bridgehead atoms. The molecule has 0 unspecified atom stereocenters. The van der Waals surface area contributed by atoms with Gasteiger partial charge in [-0.05, 0) is 30.5 Å². The van der Waals surface area contributed by atoms with Crippen molar-refractivity contribution in [2.45, 2.75) is 31.6 Å². The van der Waals surface area contributed by atoms with E-state index in [0.29, 0.717) is 0 Å². The van der Waals surface area contributed by atoms with Crippen molar-refractivity contribution in [3.05, 3.63) is 29.3 Å². The maximum absolute atomic E-state index is 4.40. The lowest BCUT2D eigenvalue weighted by molar-refractivity contribution is 0.891. The molecule has 11 heavy (non-hydrogen) atoms. The van der Waals surface area contributed by atoms with Crippen LogP contribution in [0.5, 0.6) is 0 Å². The molecule has 0 spiro atoms. The van der Waals surface area contributed by atoms with E-state index in [0.717, 1.165) is 11.3 Å². The van der Waals surface area contributed by atoms with Gasteiger partial charge < -0.3 is 0 Å². The Labute approximate surface area is 74.0 Å². The van der Waals surface area contributed by atoms with E-state index < -0.39 is 0 Å². The van der Waals surface area contributed by atoms with E-state index in [1.165, 1.54) is 17.5 Å². The third-order valence-electron chi connectivity index (χ3n) is 1.89. The monoisotopic (exact) mass is 166 g/mol. The lowest BCUT2D eigenvalue weighted by Gasteiger charge is -2.06. The summed E-state index contributed by atoms with van der Waals surface area (Å²) < 4.78 is 0. The van der Waals surface area contributed by atoms with Crippen LogP contribution in [0.1, 0.15) is 24.5 Å². The van der Waals surface area contributed by atoms with Crippen molar-refractivity contribution in [3.8, 4) is 0 Å². The van der Waals surface area contributed by atoms with Crippen LogP contribution in [0, 0.1) is 6.92 Å². The zero-order valence-electron chi connectivity index (χ0n) is 7.09. The molecule has 0 aromatic heterocycles. The summed E-state index contributed by atoms with van der Waals surface area (Å²) >= 11 is 4.40. The van der Waals surface area contributed by atoms with Crippen LogP contribution in [0.3, 0.4) is 0 Å². The SMILES string of the molecule is CCCc1c(C)cccc1S. The maximum atomic E-state index is 4.40. The molecular weight excluding hydrogens is 152 g/mol. The number of thiol groups is 1. The fourth-order valence-electron chi connectivity index (χ4n) is 1.26. The van der Waals surface area contributed by atoms with Gasteiger partial charge in [0.15, 0.2) is 0 Å². The van der Waals surface area contributed by atoms with E-state index in [4.69, 9.17) is 0 Å². The van der Waals surface area contributed by atoms with E-state index in [2.05, 4.69) is 44.7 Å². The average Bonchev–Trinajstić information content (AvgIpc) is 1.97. The highest BCUT2D eigenvalue weighted by molar-refractivity contribution is 7.80. The number of benzene rings is 1. The minimum atomic E-state index is 1.13. The average molecular weight is 166 g/mol. The number of rotatable bonds is 2. The Balaban J connectivity index is 3.00. The van der Waals surface area contributed by atoms with Gasteiger partial charge in [-0.15, -0.1) is 12.6 Å². The molecule has 0 aliphatic rings. The molecule has 0 nitrogen and oxygen atoms in total. The van der Waals surface area contributed by atoms with Crippen LogP contribution in [0.25, 0.3) is 0 Å².